The summed E-state index contributed by atoms with van der Waals surface area (Å²) in [6.45, 7) is 0. The average molecular weight is 404 g/mol. The van der Waals surface area contributed by atoms with E-state index in [1.165, 1.54) is 0 Å². The van der Waals surface area contributed by atoms with Crippen LogP contribution in [0.3, 0.4) is 0 Å². The molecule has 27 heavy (non-hydrogen) atoms. The van der Waals surface area contributed by atoms with Crippen molar-refractivity contribution in [1.82, 2.24) is 0 Å². The first-order chi connectivity index (χ1) is 11.8. The number of carbonyl (C=O) groups is 1. The molecule has 0 aromatic heterocycles. The second-order valence-electron chi connectivity index (χ2n) is 5.24. The summed E-state index contributed by atoms with van der Waals surface area (Å²) in [5.41, 5.74) is 1.82. The Morgan fingerprint density at radius 2 is 1.70 bits per heavy atom. The molecule has 2 nitrogen and oxygen atoms in total. The molecule has 0 atom stereocenters. The number of ether oxygens (including phenoxy) is 1. The SMILES string of the molecule is C1=CCC=C1.COc1ccccc1/C=C/C=C/C(=O)C1=CC=CC1.[CH3-].[CH3-].[Fe+2]. The van der Waals surface area contributed by atoms with E-state index >= 15 is 0 Å². The van der Waals surface area contributed by atoms with Crippen molar-refractivity contribution in [3.63, 3.8) is 0 Å². The summed E-state index contributed by atoms with van der Waals surface area (Å²) in [6, 6.07) is 7.75. The van der Waals surface area contributed by atoms with Crippen molar-refractivity contribution in [2.75, 3.05) is 7.11 Å². The van der Waals surface area contributed by atoms with Crippen molar-refractivity contribution in [2.24, 2.45) is 0 Å². The summed E-state index contributed by atoms with van der Waals surface area (Å²) in [5, 5.41) is 0. The van der Waals surface area contributed by atoms with E-state index in [1.54, 1.807) is 19.3 Å². The summed E-state index contributed by atoms with van der Waals surface area (Å²) >= 11 is 0. The van der Waals surface area contributed by atoms with Gasteiger partial charge in [-0.25, -0.2) is 0 Å². The zero-order chi connectivity index (χ0) is 17.0. The second-order valence-corrected chi connectivity index (χ2v) is 5.24. The van der Waals surface area contributed by atoms with E-state index in [9.17, 15) is 4.79 Å². The van der Waals surface area contributed by atoms with Gasteiger partial charge < -0.3 is 19.6 Å². The fourth-order valence-corrected chi connectivity index (χ4v) is 2.24. The predicted molar refractivity (Wildman–Crippen MR) is 114 cm³/mol. The summed E-state index contributed by atoms with van der Waals surface area (Å²) < 4.78 is 5.25. The Kier molecular flexibility index (Phi) is 15.8. The zero-order valence-corrected chi connectivity index (χ0v) is 17.3. The van der Waals surface area contributed by atoms with E-state index in [1.807, 2.05) is 54.6 Å². The number of hydrogen-bond donors (Lipinski definition) is 0. The average Bonchev–Trinajstić information content (AvgIpc) is 3.35. The van der Waals surface area contributed by atoms with Crippen LogP contribution in [-0.2, 0) is 21.9 Å². The second kappa shape index (κ2) is 15.9. The fraction of sp³-hybridized carbons (Fsp3) is 0.125. The molecule has 2 aliphatic rings. The first-order valence-corrected chi connectivity index (χ1v) is 8.00. The molecule has 0 heterocycles. The molecule has 144 valence electrons. The third-order valence-electron chi connectivity index (χ3n) is 3.52. The van der Waals surface area contributed by atoms with Gasteiger partial charge in [-0.1, -0.05) is 79.0 Å². The van der Waals surface area contributed by atoms with E-state index in [0.29, 0.717) is 0 Å². The van der Waals surface area contributed by atoms with Crippen LogP contribution in [0.15, 0.2) is 90.6 Å². The molecule has 0 unspecified atom stereocenters. The Bertz CT molecular complexity index is 725. The van der Waals surface area contributed by atoms with Crippen molar-refractivity contribution in [1.29, 1.82) is 0 Å². The normalized spacial score (nSPS) is 13.3. The third-order valence-corrected chi connectivity index (χ3v) is 3.52. The number of ketones is 1. The summed E-state index contributed by atoms with van der Waals surface area (Å²) in [7, 11) is 1.64. The van der Waals surface area contributed by atoms with Crippen LogP contribution in [0.25, 0.3) is 6.08 Å². The summed E-state index contributed by atoms with van der Waals surface area (Å²) in [6.07, 6.45) is 23.1. The van der Waals surface area contributed by atoms with Crippen LogP contribution >= 0.6 is 0 Å². The number of allylic oxidation sites excluding steroid dienone is 11. The van der Waals surface area contributed by atoms with E-state index in [0.717, 1.165) is 29.7 Å². The maximum Gasteiger partial charge on any atom is 2.00 e. The Labute approximate surface area is 175 Å². The minimum Gasteiger partial charge on any atom is -0.496 e. The Morgan fingerprint density at radius 1 is 1.00 bits per heavy atom. The van der Waals surface area contributed by atoms with Gasteiger partial charge in [0.25, 0.3) is 0 Å². The molecule has 1 aromatic carbocycles. The number of hydrogen-bond acceptors (Lipinski definition) is 2. The van der Waals surface area contributed by atoms with Crippen molar-refractivity contribution in [2.45, 2.75) is 12.8 Å². The van der Waals surface area contributed by atoms with Crippen LogP contribution in [-0.4, -0.2) is 12.9 Å². The van der Waals surface area contributed by atoms with E-state index in [-0.39, 0.29) is 37.7 Å². The number of rotatable bonds is 5. The Morgan fingerprint density at radius 3 is 2.26 bits per heavy atom. The molecule has 0 N–H and O–H groups in total. The van der Waals surface area contributed by atoms with Gasteiger partial charge in [-0.15, -0.1) is 0 Å². The van der Waals surface area contributed by atoms with Gasteiger partial charge in [0, 0.05) is 11.1 Å². The van der Waals surface area contributed by atoms with E-state index < -0.39 is 0 Å². The smallest absolute Gasteiger partial charge is 0.496 e. The number of methoxy groups -OCH3 is 1. The van der Waals surface area contributed by atoms with Crippen molar-refractivity contribution < 1.29 is 26.6 Å². The maximum absolute atomic E-state index is 11.7. The van der Waals surface area contributed by atoms with Crippen molar-refractivity contribution in [3.05, 3.63) is 111 Å². The molecular weight excluding hydrogens is 376 g/mol. The molecule has 3 rings (SSSR count). The van der Waals surface area contributed by atoms with Gasteiger partial charge in [0.1, 0.15) is 5.75 Å². The zero-order valence-electron chi connectivity index (χ0n) is 16.2. The predicted octanol–water partition coefficient (Wildman–Crippen LogP) is 6.12. The Balaban J connectivity index is 0. The molecule has 3 heteroatoms. The molecule has 1 aromatic rings. The van der Waals surface area contributed by atoms with Crippen LogP contribution in [0, 0.1) is 14.9 Å². The van der Waals surface area contributed by atoms with Crippen LogP contribution in [0.4, 0.5) is 0 Å². The molecule has 0 radical (unpaired) electrons. The van der Waals surface area contributed by atoms with Crippen LogP contribution < -0.4 is 4.74 Å². The molecule has 0 fully saturated rings. The third kappa shape index (κ3) is 9.79. The molecule has 0 spiro atoms. The maximum atomic E-state index is 11.7. The van der Waals surface area contributed by atoms with Crippen LogP contribution in [0.1, 0.15) is 18.4 Å². The van der Waals surface area contributed by atoms with Crippen molar-refractivity contribution in [3.8, 4) is 5.75 Å². The fourth-order valence-electron chi connectivity index (χ4n) is 2.24. The van der Waals surface area contributed by atoms with Gasteiger partial charge in [0.2, 0.25) is 0 Å². The van der Waals surface area contributed by atoms with Gasteiger partial charge >= 0.3 is 17.1 Å². The van der Waals surface area contributed by atoms with Crippen LogP contribution in [0.5, 0.6) is 5.75 Å². The van der Waals surface area contributed by atoms with Gasteiger partial charge in [-0.3, -0.25) is 4.79 Å². The molecule has 0 bridgehead atoms. The monoisotopic (exact) mass is 404 g/mol. The molecule has 0 saturated carbocycles. The standard InChI is InChI=1S/C17H16O2.C5H6.2CH3.Fe/c1-19-17-13-7-5-11-15(17)10-4-6-12-16(18)14-8-2-3-9-14;1-2-4-5-3-1;;;/h2-8,10-13H,9H2,1H3;1-4H,5H2;2*1H3;/q;;2*-1;+2/b10-4+,12-6+;;;;. The Hall–Kier alpha value is -2.35. The van der Waals surface area contributed by atoms with Gasteiger partial charge in [0.15, 0.2) is 5.78 Å². The minimum atomic E-state index is 0. The minimum absolute atomic E-state index is 0. The summed E-state index contributed by atoms with van der Waals surface area (Å²) in [5.74, 6) is 0.885. The van der Waals surface area contributed by atoms with E-state index in [4.69, 9.17) is 4.74 Å². The quantitative estimate of drug-likeness (QED) is 0.256. The first-order valence-electron chi connectivity index (χ1n) is 8.00. The number of benzene rings is 1. The number of carbonyl (C=O) groups excluding carboxylic acids is 1. The summed E-state index contributed by atoms with van der Waals surface area (Å²) in [4.78, 5) is 11.7. The van der Waals surface area contributed by atoms with Gasteiger partial charge in [0.05, 0.1) is 7.11 Å². The van der Waals surface area contributed by atoms with Crippen molar-refractivity contribution >= 4 is 11.9 Å². The van der Waals surface area contributed by atoms with Gasteiger partial charge in [-0.2, -0.15) is 0 Å². The van der Waals surface area contributed by atoms with Crippen LogP contribution in [0.2, 0.25) is 0 Å². The number of para-hydroxylation sites is 1. The molecule has 0 amide bonds. The molecular formula is C24H28FeO2. The van der Waals surface area contributed by atoms with E-state index in [2.05, 4.69) is 24.3 Å². The molecule has 0 aliphatic heterocycles. The topological polar surface area (TPSA) is 26.3 Å². The molecule has 2 aliphatic carbocycles. The largest absolute Gasteiger partial charge is 2.00 e. The first kappa shape index (κ1) is 26.9. The molecule has 0 saturated heterocycles. The van der Waals surface area contributed by atoms with Gasteiger partial charge in [-0.05, 0) is 25.0 Å².